The smallest absolute Gasteiger partial charge is 0.320 e. The average Bonchev–Trinajstić information content (AvgIpc) is 2.97. The number of nitrogens with zero attached hydrogens (tertiary/aromatic N) is 3. The van der Waals surface area contributed by atoms with E-state index in [0.29, 0.717) is 10.8 Å². The number of imidazole rings is 1. The van der Waals surface area contributed by atoms with Gasteiger partial charge >= 0.3 is 5.00 Å². The molecule has 0 saturated heterocycles. The molecule has 0 aliphatic carbocycles. The summed E-state index contributed by atoms with van der Waals surface area (Å²) in [5.74, 6) is 0.0946. The highest BCUT2D eigenvalue weighted by atomic mass is 32.1. The molecule has 98 valence electrons. The van der Waals surface area contributed by atoms with E-state index in [0.717, 1.165) is 11.3 Å². The molecule has 8 heteroatoms. The van der Waals surface area contributed by atoms with E-state index in [1.54, 1.807) is 30.1 Å². The third-order valence-corrected chi connectivity index (χ3v) is 3.25. The van der Waals surface area contributed by atoms with Crippen LogP contribution in [0.2, 0.25) is 0 Å². The maximum absolute atomic E-state index is 11.6. The van der Waals surface area contributed by atoms with Gasteiger partial charge in [0.25, 0.3) is 5.91 Å². The van der Waals surface area contributed by atoms with Gasteiger partial charge in [0.1, 0.15) is 0 Å². The molecule has 0 aliphatic rings. The molecule has 0 saturated carbocycles. The number of aryl methyl sites for hydroxylation is 1. The van der Waals surface area contributed by atoms with Gasteiger partial charge in [-0.05, 0) is 12.1 Å². The maximum Gasteiger partial charge on any atom is 0.324 e. The van der Waals surface area contributed by atoms with E-state index in [1.807, 2.05) is 0 Å². The first-order valence-corrected chi connectivity index (χ1v) is 6.08. The van der Waals surface area contributed by atoms with Crippen LogP contribution in [0.15, 0.2) is 30.6 Å². The van der Waals surface area contributed by atoms with Crippen molar-refractivity contribution in [3.63, 3.8) is 0 Å². The number of hydrogen-bond donors (Lipinski definition) is 1. The quantitative estimate of drug-likeness (QED) is 0.526. The molecule has 1 amide bonds. The molecule has 0 aromatic carbocycles. The maximum atomic E-state index is 11.6. The Hall–Kier alpha value is -2.48. The lowest BCUT2D eigenvalue weighted by atomic mass is 10.4. The number of aromatic nitrogens is 2. The Morgan fingerprint density at radius 2 is 2.37 bits per heavy atom. The highest BCUT2D eigenvalue weighted by molar-refractivity contribution is 7.16. The summed E-state index contributed by atoms with van der Waals surface area (Å²) in [6, 6.07) is 2.99. The molecule has 0 fully saturated rings. The Bertz CT molecular complexity index is 644. The number of hydrogen-bond acceptors (Lipinski definition) is 5. The number of anilines is 1. The van der Waals surface area contributed by atoms with Gasteiger partial charge in [0.15, 0.2) is 0 Å². The Balaban J connectivity index is 2.00. The number of rotatable bonds is 4. The van der Waals surface area contributed by atoms with Crippen molar-refractivity contribution in [3.8, 4) is 0 Å². The molecule has 0 bridgehead atoms. The third kappa shape index (κ3) is 3.26. The minimum Gasteiger partial charge on any atom is -0.320 e. The predicted octanol–water partition coefficient (Wildman–Crippen LogP) is 2.04. The normalized spacial score (nSPS) is 10.8. The SMILES string of the molecule is Cn1ccnc1NC(=O)/C=C/c1ccc([N+](=O)[O-])s1. The molecule has 1 N–H and O–H groups in total. The molecule has 0 unspecified atom stereocenters. The number of amides is 1. The first-order chi connectivity index (χ1) is 9.06. The van der Waals surface area contributed by atoms with Crippen LogP contribution in [0.4, 0.5) is 10.9 Å². The number of nitrogens with one attached hydrogen (secondary N) is 1. The number of carbonyl (C=O) groups is 1. The van der Waals surface area contributed by atoms with Gasteiger partial charge in [0.2, 0.25) is 5.95 Å². The molecule has 2 rings (SSSR count). The standard InChI is InChI=1S/C11H10N4O3S/c1-14-7-6-12-11(14)13-9(16)4-2-8-3-5-10(19-8)15(17)18/h2-7H,1H3,(H,12,13,16)/b4-2+. The summed E-state index contributed by atoms with van der Waals surface area (Å²) in [6.07, 6.45) is 6.12. The first-order valence-electron chi connectivity index (χ1n) is 5.27. The van der Waals surface area contributed by atoms with Crippen molar-refractivity contribution in [2.24, 2.45) is 7.05 Å². The summed E-state index contributed by atoms with van der Waals surface area (Å²) in [6.45, 7) is 0. The summed E-state index contributed by atoms with van der Waals surface area (Å²) >= 11 is 1.01. The van der Waals surface area contributed by atoms with Crippen molar-refractivity contribution in [3.05, 3.63) is 45.6 Å². The van der Waals surface area contributed by atoms with Crippen LogP contribution in [0.3, 0.4) is 0 Å². The fourth-order valence-electron chi connectivity index (χ4n) is 1.33. The van der Waals surface area contributed by atoms with Crippen molar-refractivity contribution in [2.75, 3.05) is 5.32 Å². The van der Waals surface area contributed by atoms with Crippen molar-refractivity contribution < 1.29 is 9.72 Å². The molecule has 0 radical (unpaired) electrons. The Labute approximate surface area is 112 Å². The van der Waals surface area contributed by atoms with E-state index in [1.165, 1.54) is 18.2 Å². The third-order valence-electron chi connectivity index (χ3n) is 2.25. The van der Waals surface area contributed by atoms with E-state index in [4.69, 9.17) is 0 Å². The summed E-state index contributed by atoms with van der Waals surface area (Å²) in [7, 11) is 1.76. The van der Waals surface area contributed by atoms with E-state index in [-0.39, 0.29) is 10.9 Å². The highest BCUT2D eigenvalue weighted by Gasteiger charge is 2.08. The van der Waals surface area contributed by atoms with Gasteiger partial charge in [-0.3, -0.25) is 20.2 Å². The molecule has 19 heavy (non-hydrogen) atoms. The summed E-state index contributed by atoms with van der Waals surface area (Å²) in [5, 5.41) is 13.1. The zero-order chi connectivity index (χ0) is 13.8. The fourth-order valence-corrected chi connectivity index (χ4v) is 2.05. The van der Waals surface area contributed by atoms with Crippen LogP contribution >= 0.6 is 11.3 Å². The molecule has 2 aromatic rings. The topological polar surface area (TPSA) is 90.1 Å². The van der Waals surface area contributed by atoms with Crippen molar-refractivity contribution >= 4 is 34.3 Å². The number of thiophene rings is 1. The van der Waals surface area contributed by atoms with Crippen LogP contribution in [-0.2, 0) is 11.8 Å². The van der Waals surface area contributed by atoms with Crippen LogP contribution < -0.4 is 5.32 Å². The van der Waals surface area contributed by atoms with Crippen molar-refractivity contribution in [1.82, 2.24) is 9.55 Å². The predicted molar refractivity (Wildman–Crippen MR) is 71.8 cm³/mol. The Morgan fingerprint density at radius 1 is 1.58 bits per heavy atom. The van der Waals surface area contributed by atoms with E-state index in [2.05, 4.69) is 10.3 Å². The van der Waals surface area contributed by atoms with E-state index < -0.39 is 4.92 Å². The summed E-state index contributed by atoms with van der Waals surface area (Å²) in [4.78, 5) is 26.2. The molecular weight excluding hydrogens is 268 g/mol. The largest absolute Gasteiger partial charge is 0.324 e. The lowest BCUT2D eigenvalue weighted by Gasteiger charge is -2.00. The van der Waals surface area contributed by atoms with Crippen LogP contribution in [0.5, 0.6) is 0 Å². The van der Waals surface area contributed by atoms with Crippen molar-refractivity contribution in [1.29, 1.82) is 0 Å². The van der Waals surface area contributed by atoms with E-state index in [9.17, 15) is 14.9 Å². The Kier molecular flexibility index (Phi) is 3.71. The van der Waals surface area contributed by atoms with Crippen molar-refractivity contribution in [2.45, 2.75) is 0 Å². The number of nitro groups is 1. The highest BCUT2D eigenvalue weighted by Crippen LogP contribution is 2.24. The fraction of sp³-hybridized carbons (Fsp3) is 0.0909. The van der Waals surface area contributed by atoms with E-state index >= 15 is 0 Å². The second kappa shape index (κ2) is 5.44. The molecule has 2 heterocycles. The zero-order valence-corrected chi connectivity index (χ0v) is 10.8. The second-order valence-corrected chi connectivity index (χ2v) is 4.71. The molecular formula is C11H10N4O3S. The Morgan fingerprint density at radius 3 is 2.95 bits per heavy atom. The average molecular weight is 278 g/mol. The summed E-state index contributed by atoms with van der Waals surface area (Å²) in [5.41, 5.74) is 0. The van der Waals surface area contributed by atoms with Crippen LogP contribution in [-0.4, -0.2) is 20.4 Å². The molecule has 0 aliphatic heterocycles. The lowest BCUT2D eigenvalue weighted by molar-refractivity contribution is -0.380. The first kappa shape index (κ1) is 13.0. The van der Waals surface area contributed by atoms with Crippen LogP contribution in [0.1, 0.15) is 4.88 Å². The number of carbonyl (C=O) groups excluding carboxylic acids is 1. The van der Waals surface area contributed by atoms with Gasteiger partial charge in [0, 0.05) is 36.5 Å². The minimum atomic E-state index is -0.462. The molecule has 0 atom stereocenters. The van der Waals surface area contributed by atoms with Gasteiger partial charge in [-0.25, -0.2) is 4.98 Å². The van der Waals surface area contributed by atoms with Gasteiger partial charge in [-0.2, -0.15) is 0 Å². The molecule has 7 nitrogen and oxygen atoms in total. The van der Waals surface area contributed by atoms with Gasteiger partial charge in [-0.15, -0.1) is 0 Å². The van der Waals surface area contributed by atoms with Gasteiger partial charge in [0.05, 0.1) is 4.92 Å². The van der Waals surface area contributed by atoms with Crippen LogP contribution in [0.25, 0.3) is 6.08 Å². The summed E-state index contributed by atoms with van der Waals surface area (Å²) < 4.78 is 1.67. The molecule has 0 spiro atoms. The second-order valence-electron chi connectivity index (χ2n) is 3.62. The van der Waals surface area contributed by atoms with Gasteiger partial charge < -0.3 is 4.57 Å². The van der Waals surface area contributed by atoms with Crippen LogP contribution in [0, 0.1) is 10.1 Å². The zero-order valence-electron chi connectivity index (χ0n) is 9.94. The molecule has 2 aromatic heterocycles. The lowest BCUT2D eigenvalue weighted by Crippen LogP contribution is -2.11. The monoisotopic (exact) mass is 278 g/mol. The van der Waals surface area contributed by atoms with Gasteiger partial charge in [-0.1, -0.05) is 11.3 Å². The minimum absolute atomic E-state index is 0.0455.